The third-order valence-electron chi connectivity index (χ3n) is 13.2. The first kappa shape index (κ1) is 81.6. The lowest BCUT2D eigenvalue weighted by molar-refractivity contribution is -0.161. The summed E-state index contributed by atoms with van der Waals surface area (Å²) in [5.41, 5.74) is 5.39. The molecule has 0 heterocycles. The molecular weight excluding hydrogens is 1100 g/mol. The number of esters is 2. The van der Waals surface area contributed by atoms with Crippen molar-refractivity contribution >= 4 is 19.8 Å². The number of nitrogens with two attached hydrogens (primary N) is 1. The molecule has 2 atom stereocenters. The van der Waals surface area contributed by atoms with Crippen LogP contribution in [0.4, 0.5) is 0 Å². The van der Waals surface area contributed by atoms with E-state index in [2.05, 4.69) is 220 Å². The lowest BCUT2D eigenvalue weighted by atomic mass is 10.1. The molecule has 0 amide bonds. The molecule has 0 saturated heterocycles. The van der Waals surface area contributed by atoms with Crippen molar-refractivity contribution in [3.05, 3.63) is 207 Å². The summed E-state index contributed by atoms with van der Waals surface area (Å²) < 4.78 is 33.1. The van der Waals surface area contributed by atoms with Crippen molar-refractivity contribution < 1.29 is 37.6 Å². The van der Waals surface area contributed by atoms with Crippen LogP contribution in [0.1, 0.15) is 232 Å². The van der Waals surface area contributed by atoms with Crippen molar-refractivity contribution in [2.75, 3.05) is 26.4 Å². The van der Waals surface area contributed by atoms with Crippen LogP contribution in [0.25, 0.3) is 0 Å². The highest BCUT2D eigenvalue weighted by Crippen LogP contribution is 2.43. The van der Waals surface area contributed by atoms with Crippen LogP contribution in [0, 0.1) is 0 Å². The highest BCUT2D eigenvalue weighted by atomic mass is 31.2. The van der Waals surface area contributed by atoms with Crippen LogP contribution in [-0.2, 0) is 32.7 Å². The minimum absolute atomic E-state index is 0.0355. The third-order valence-corrected chi connectivity index (χ3v) is 14.1. The maximum Gasteiger partial charge on any atom is 0.472 e. The maximum atomic E-state index is 12.7. The number of hydrogen-bond donors (Lipinski definition) is 2. The molecule has 10 heteroatoms. The number of ether oxygens (including phenoxy) is 2. The molecule has 0 fully saturated rings. The van der Waals surface area contributed by atoms with E-state index < -0.39 is 32.5 Å². The van der Waals surface area contributed by atoms with Gasteiger partial charge in [0.2, 0.25) is 0 Å². The Bertz CT molecular complexity index is 2180. The van der Waals surface area contributed by atoms with Gasteiger partial charge < -0.3 is 20.1 Å². The van der Waals surface area contributed by atoms with Crippen LogP contribution in [0.3, 0.4) is 0 Å². The highest BCUT2D eigenvalue weighted by molar-refractivity contribution is 7.47. The van der Waals surface area contributed by atoms with Crippen LogP contribution in [0.15, 0.2) is 207 Å². The van der Waals surface area contributed by atoms with Crippen LogP contribution in [-0.4, -0.2) is 49.3 Å². The summed E-state index contributed by atoms with van der Waals surface area (Å²) in [6.07, 6.45) is 108. The van der Waals surface area contributed by atoms with Crippen molar-refractivity contribution in [2.45, 2.75) is 238 Å². The molecule has 2 unspecified atom stereocenters. The van der Waals surface area contributed by atoms with Gasteiger partial charge in [0.05, 0.1) is 13.2 Å². The quantitative estimate of drug-likeness (QED) is 0.0264. The van der Waals surface area contributed by atoms with Crippen molar-refractivity contribution in [3.63, 3.8) is 0 Å². The summed E-state index contributed by atoms with van der Waals surface area (Å²) in [4.78, 5) is 35.3. The van der Waals surface area contributed by atoms with Gasteiger partial charge in [-0.1, -0.05) is 278 Å². The zero-order valence-electron chi connectivity index (χ0n) is 54.4. The summed E-state index contributed by atoms with van der Waals surface area (Å²) in [6, 6.07) is 0. The monoisotopic (exact) mass is 1220 g/mol. The molecule has 0 aromatic rings. The molecule has 0 spiro atoms. The average molecular weight is 1220 g/mol. The Labute approximate surface area is 531 Å². The van der Waals surface area contributed by atoms with Gasteiger partial charge in [0, 0.05) is 19.4 Å². The Morgan fingerprint density at radius 1 is 0.345 bits per heavy atom. The van der Waals surface area contributed by atoms with E-state index in [4.69, 9.17) is 24.3 Å². The van der Waals surface area contributed by atoms with Crippen LogP contribution in [0.5, 0.6) is 0 Å². The lowest BCUT2D eigenvalue weighted by Gasteiger charge is -2.19. The van der Waals surface area contributed by atoms with Crippen molar-refractivity contribution in [1.29, 1.82) is 0 Å². The predicted molar refractivity (Wildman–Crippen MR) is 375 cm³/mol. The Kier molecular flexibility index (Phi) is 65.4. The van der Waals surface area contributed by atoms with Crippen molar-refractivity contribution in [3.8, 4) is 0 Å². The second kappa shape index (κ2) is 69.7. The first-order valence-electron chi connectivity index (χ1n) is 33.6. The number of phosphoric acid groups is 1. The van der Waals surface area contributed by atoms with Crippen molar-refractivity contribution in [1.82, 2.24) is 0 Å². The van der Waals surface area contributed by atoms with Gasteiger partial charge in [0.15, 0.2) is 6.10 Å². The van der Waals surface area contributed by atoms with E-state index in [0.717, 1.165) is 154 Å². The molecule has 3 N–H and O–H groups in total. The van der Waals surface area contributed by atoms with Crippen LogP contribution >= 0.6 is 7.82 Å². The molecule has 0 aliphatic rings. The SMILES string of the molecule is CC/C=C\C/C=C\C/C=C\C/C=C\C/C=C\C/C=C\C/C=C\C/C=C\C/C=C\C/C=C\C/C=C\CCCCCC(=O)OC(COC(=O)CCCCCCCCCCCC/C=C\C/C=C\C/C=C\C/C=C\C/C=C\C/C=C\CC)COP(=O)(O)OCCN. The zero-order valence-corrected chi connectivity index (χ0v) is 55.3. The second-order valence-corrected chi connectivity index (χ2v) is 22.7. The predicted octanol–water partition coefficient (Wildman–Crippen LogP) is 22.3. The average Bonchev–Trinajstić information content (AvgIpc) is 3.65. The molecule has 0 aliphatic heterocycles. The number of phosphoric ester groups is 1. The molecule has 87 heavy (non-hydrogen) atoms. The van der Waals surface area contributed by atoms with Crippen LogP contribution < -0.4 is 5.73 Å². The fourth-order valence-corrected chi connectivity index (χ4v) is 9.06. The standard InChI is InChI=1S/C77H120NO8P/c1-3-5-7-9-11-13-15-17-19-21-23-25-27-29-31-33-34-35-36-37-38-39-40-42-44-46-48-50-52-54-56-58-60-62-64-66-68-70-77(80)86-75(74-85-87(81,82)84-72-71-78)73-83-76(79)69-67-65-63-61-59-57-55-53-51-49-47-45-43-41-32-30-28-26-24-22-20-18-16-14-12-10-8-6-4-2/h5-8,11-14,17-20,23-26,29-32,34-35,37-38,40,42-43,45-46,48,52,54,58,60,75H,3-4,9-10,15-16,21-22,27-28,33,36,39,41,44,47,49-51,53,55-57,59,61-74,78H2,1-2H3,(H,81,82)/b7-5-,8-6-,13-11-,14-12-,19-17-,20-18-,25-23-,26-24-,31-29-,32-30-,35-34-,38-37-,42-40-,45-43-,48-46-,54-52-,60-58-. The number of rotatable bonds is 60. The minimum Gasteiger partial charge on any atom is -0.462 e. The van der Waals surface area contributed by atoms with Gasteiger partial charge in [-0.15, -0.1) is 0 Å². The second-order valence-electron chi connectivity index (χ2n) is 21.2. The van der Waals surface area contributed by atoms with Gasteiger partial charge in [-0.25, -0.2) is 4.57 Å². The van der Waals surface area contributed by atoms with Gasteiger partial charge in [-0.2, -0.15) is 0 Å². The lowest BCUT2D eigenvalue weighted by Crippen LogP contribution is -2.29. The van der Waals surface area contributed by atoms with Gasteiger partial charge in [-0.05, 0) is 148 Å². The van der Waals surface area contributed by atoms with E-state index in [-0.39, 0.29) is 32.6 Å². The first-order valence-corrected chi connectivity index (χ1v) is 35.1. The van der Waals surface area contributed by atoms with Gasteiger partial charge in [0.25, 0.3) is 0 Å². The Morgan fingerprint density at radius 2 is 0.598 bits per heavy atom. The van der Waals surface area contributed by atoms with E-state index in [1.807, 2.05) is 0 Å². The smallest absolute Gasteiger partial charge is 0.462 e. The van der Waals surface area contributed by atoms with E-state index in [1.54, 1.807) is 0 Å². The van der Waals surface area contributed by atoms with Gasteiger partial charge in [-0.3, -0.25) is 18.6 Å². The summed E-state index contributed by atoms with van der Waals surface area (Å²) in [7, 11) is -4.42. The largest absolute Gasteiger partial charge is 0.472 e. The number of hydrogen-bond acceptors (Lipinski definition) is 8. The summed E-state index contributed by atoms with van der Waals surface area (Å²) in [5.74, 6) is -0.887. The minimum atomic E-state index is -4.42. The molecule has 0 saturated carbocycles. The van der Waals surface area contributed by atoms with Gasteiger partial charge in [0.1, 0.15) is 6.61 Å². The van der Waals surface area contributed by atoms with E-state index in [1.165, 1.54) is 38.5 Å². The number of allylic oxidation sites excluding steroid dienone is 34. The first-order chi connectivity index (χ1) is 42.8. The zero-order chi connectivity index (χ0) is 63.0. The summed E-state index contributed by atoms with van der Waals surface area (Å²) in [5, 5.41) is 0. The summed E-state index contributed by atoms with van der Waals surface area (Å²) >= 11 is 0. The van der Waals surface area contributed by atoms with E-state index in [0.29, 0.717) is 12.8 Å². The fourth-order valence-electron chi connectivity index (χ4n) is 8.29. The molecule has 0 aromatic heterocycles. The number of carbonyl (C=O) groups excluding carboxylic acids is 2. The molecule has 0 aromatic carbocycles. The summed E-state index contributed by atoms with van der Waals surface area (Å²) in [6.45, 7) is 3.45. The van der Waals surface area contributed by atoms with Gasteiger partial charge >= 0.3 is 19.8 Å². The molecule has 0 radical (unpaired) electrons. The van der Waals surface area contributed by atoms with E-state index in [9.17, 15) is 19.0 Å². The fraction of sp³-hybridized carbons (Fsp3) is 0.532. The normalized spacial score (nSPS) is 14.3. The maximum absolute atomic E-state index is 12.7. The Balaban J connectivity index is 4.09. The van der Waals surface area contributed by atoms with Crippen LogP contribution in [0.2, 0.25) is 0 Å². The molecule has 0 rings (SSSR count). The van der Waals surface area contributed by atoms with Crippen molar-refractivity contribution in [2.24, 2.45) is 5.73 Å². The molecule has 0 bridgehead atoms. The third kappa shape index (κ3) is 69.6. The molecule has 9 nitrogen and oxygen atoms in total. The number of carbonyl (C=O) groups is 2. The van der Waals surface area contributed by atoms with E-state index >= 15 is 0 Å². The highest BCUT2D eigenvalue weighted by Gasteiger charge is 2.26. The Hall–Kier alpha value is -5.41. The number of unbranched alkanes of at least 4 members (excludes halogenated alkanes) is 13. The molecular formula is C77H120NO8P. The molecule has 486 valence electrons. The topological polar surface area (TPSA) is 134 Å². The molecule has 0 aliphatic carbocycles. The Morgan fingerprint density at radius 3 is 0.897 bits per heavy atom.